The number of hydrazone groups is 1. The van der Waals surface area contributed by atoms with Gasteiger partial charge in [-0.15, -0.1) is 0 Å². The van der Waals surface area contributed by atoms with Crippen LogP contribution in [-0.2, 0) is 4.79 Å². The third-order valence-electron chi connectivity index (χ3n) is 3.25. The summed E-state index contributed by atoms with van der Waals surface area (Å²) >= 11 is 0. The molecule has 0 saturated heterocycles. The SMILES string of the molecule is CN(C)/N=C(\CC(=O)CC(=O)c1ccccc1)c1ccccc1. The molecule has 0 aromatic heterocycles. The average Bonchev–Trinajstić information content (AvgIpc) is 2.55. The van der Waals surface area contributed by atoms with Crippen LogP contribution in [0, 0.1) is 0 Å². The van der Waals surface area contributed by atoms with Crippen molar-refractivity contribution in [3.05, 3.63) is 71.8 Å². The average molecular weight is 308 g/mol. The number of carbonyl (C=O) groups excluding carboxylic acids is 2. The molecule has 0 aliphatic rings. The van der Waals surface area contributed by atoms with E-state index < -0.39 is 0 Å². The Morgan fingerprint density at radius 1 is 0.826 bits per heavy atom. The van der Waals surface area contributed by atoms with E-state index in [1.54, 1.807) is 29.3 Å². The highest BCUT2D eigenvalue weighted by Gasteiger charge is 2.15. The Balaban J connectivity index is 2.08. The molecule has 0 heterocycles. The molecule has 2 rings (SSSR count). The predicted molar refractivity (Wildman–Crippen MR) is 91.7 cm³/mol. The molecule has 2 aromatic carbocycles. The minimum absolute atomic E-state index is 0.108. The summed E-state index contributed by atoms with van der Waals surface area (Å²) in [6.07, 6.45) is 0.0318. The second-order valence-electron chi connectivity index (χ2n) is 5.44. The Morgan fingerprint density at radius 2 is 1.35 bits per heavy atom. The van der Waals surface area contributed by atoms with Gasteiger partial charge < -0.3 is 5.01 Å². The maximum Gasteiger partial charge on any atom is 0.170 e. The van der Waals surface area contributed by atoms with E-state index in [9.17, 15) is 9.59 Å². The van der Waals surface area contributed by atoms with Crippen LogP contribution < -0.4 is 0 Å². The lowest BCUT2D eigenvalue weighted by atomic mass is 10.00. The van der Waals surface area contributed by atoms with E-state index in [2.05, 4.69) is 5.10 Å². The zero-order valence-corrected chi connectivity index (χ0v) is 13.4. The van der Waals surface area contributed by atoms with Gasteiger partial charge in [0.25, 0.3) is 0 Å². The monoisotopic (exact) mass is 308 g/mol. The third-order valence-corrected chi connectivity index (χ3v) is 3.25. The van der Waals surface area contributed by atoms with E-state index in [0.29, 0.717) is 11.3 Å². The number of nitrogens with zero attached hydrogens (tertiary/aromatic N) is 2. The maximum atomic E-state index is 12.3. The molecule has 2 aromatic rings. The lowest BCUT2D eigenvalue weighted by molar-refractivity contribution is -0.117. The van der Waals surface area contributed by atoms with Gasteiger partial charge in [0.1, 0.15) is 5.78 Å². The van der Waals surface area contributed by atoms with E-state index in [-0.39, 0.29) is 24.4 Å². The summed E-state index contributed by atoms with van der Waals surface area (Å²) in [6, 6.07) is 18.4. The minimum Gasteiger partial charge on any atom is -0.303 e. The lowest BCUT2D eigenvalue weighted by Gasteiger charge is -2.11. The van der Waals surface area contributed by atoms with Gasteiger partial charge in [0.2, 0.25) is 0 Å². The molecule has 0 unspecified atom stereocenters. The second kappa shape index (κ2) is 8.03. The van der Waals surface area contributed by atoms with Gasteiger partial charge in [-0.05, 0) is 5.56 Å². The quantitative estimate of drug-likeness (QED) is 0.342. The van der Waals surface area contributed by atoms with Gasteiger partial charge >= 0.3 is 0 Å². The summed E-state index contributed by atoms with van der Waals surface area (Å²) in [4.78, 5) is 24.4. The van der Waals surface area contributed by atoms with Crippen molar-refractivity contribution in [3.63, 3.8) is 0 Å². The Bertz CT molecular complexity index is 692. The molecule has 0 amide bonds. The molecule has 0 N–H and O–H groups in total. The highest BCUT2D eigenvalue weighted by atomic mass is 16.1. The first-order chi connectivity index (χ1) is 11.1. The third kappa shape index (κ3) is 5.18. The smallest absolute Gasteiger partial charge is 0.170 e. The Labute approximate surface area is 136 Å². The molecular formula is C19H20N2O2. The van der Waals surface area contributed by atoms with Crippen LogP contribution in [0.1, 0.15) is 28.8 Å². The molecule has 4 heteroatoms. The lowest BCUT2D eigenvalue weighted by Crippen LogP contribution is -2.16. The molecule has 0 fully saturated rings. The van der Waals surface area contributed by atoms with Crippen molar-refractivity contribution in [1.29, 1.82) is 0 Å². The van der Waals surface area contributed by atoms with Crippen LogP contribution in [0.3, 0.4) is 0 Å². The topological polar surface area (TPSA) is 49.7 Å². The number of hydrogen-bond acceptors (Lipinski definition) is 4. The van der Waals surface area contributed by atoms with Crippen molar-refractivity contribution in [2.24, 2.45) is 5.10 Å². The normalized spacial score (nSPS) is 11.1. The zero-order valence-electron chi connectivity index (χ0n) is 13.4. The molecule has 0 saturated carbocycles. The highest BCUT2D eigenvalue weighted by molar-refractivity contribution is 6.16. The summed E-state index contributed by atoms with van der Waals surface area (Å²) in [5, 5.41) is 6.05. The number of hydrogen-bond donors (Lipinski definition) is 0. The standard InChI is InChI=1S/C19H20N2O2/c1-21(2)20-18(15-9-5-3-6-10-15)13-17(22)14-19(23)16-11-7-4-8-12-16/h3-12H,13-14H2,1-2H3/b20-18+. The molecular weight excluding hydrogens is 288 g/mol. The Kier molecular flexibility index (Phi) is 5.80. The van der Waals surface area contributed by atoms with E-state index in [1.165, 1.54) is 0 Å². The Hall–Kier alpha value is -2.75. The van der Waals surface area contributed by atoms with Gasteiger partial charge in [-0.3, -0.25) is 9.59 Å². The van der Waals surface area contributed by atoms with Crippen LogP contribution in [0.15, 0.2) is 65.8 Å². The fraction of sp³-hybridized carbons (Fsp3) is 0.211. The van der Waals surface area contributed by atoms with E-state index in [4.69, 9.17) is 0 Å². The first kappa shape index (κ1) is 16.6. The minimum atomic E-state index is -0.159. The van der Waals surface area contributed by atoms with E-state index in [0.717, 1.165) is 5.56 Å². The molecule has 23 heavy (non-hydrogen) atoms. The van der Waals surface area contributed by atoms with Crippen LogP contribution in [0.25, 0.3) is 0 Å². The van der Waals surface area contributed by atoms with Crippen molar-refractivity contribution in [2.45, 2.75) is 12.8 Å². The van der Waals surface area contributed by atoms with Crippen molar-refractivity contribution in [2.75, 3.05) is 14.1 Å². The zero-order chi connectivity index (χ0) is 16.7. The van der Waals surface area contributed by atoms with Gasteiger partial charge in [0.15, 0.2) is 5.78 Å². The van der Waals surface area contributed by atoms with Gasteiger partial charge in [0.05, 0.1) is 18.6 Å². The van der Waals surface area contributed by atoms with Crippen LogP contribution in [0.5, 0.6) is 0 Å². The van der Waals surface area contributed by atoms with E-state index >= 15 is 0 Å². The summed E-state index contributed by atoms with van der Waals surface area (Å²) < 4.78 is 0. The molecule has 0 aliphatic heterocycles. The Morgan fingerprint density at radius 3 is 1.87 bits per heavy atom. The summed E-state index contributed by atoms with van der Waals surface area (Å²) in [5.74, 6) is -0.295. The maximum absolute atomic E-state index is 12.3. The van der Waals surface area contributed by atoms with Crippen LogP contribution in [0.4, 0.5) is 0 Å². The second-order valence-corrected chi connectivity index (χ2v) is 5.44. The first-order valence-corrected chi connectivity index (χ1v) is 7.46. The molecule has 0 spiro atoms. The fourth-order valence-corrected chi connectivity index (χ4v) is 2.22. The molecule has 0 radical (unpaired) electrons. The summed E-state index contributed by atoms with van der Waals surface area (Å²) in [6.45, 7) is 0. The largest absolute Gasteiger partial charge is 0.303 e. The predicted octanol–water partition coefficient (Wildman–Crippen LogP) is 3.18. The van der Waals surface area contributed by atoms with Gasteiger partial charge in [-0.1, -0.05) is 60.7 Å². The van der Waals surface area contributed by atoms with E-state index in [1.807, 2.05) is 50.5 Å². The van der Waals surface area contributed by atoms with Gasteiger partial charge in [-0.2, -0.15) is 5.10 Å². The number of Topliss-reactive ketones (excluding diaryl/α,β-unsaturated/α-hetero) is 2. The summed E-state index contributed by atoms with van der Waals surface area (Å²) in [5.41, 5.74) is 2.12. The number of carbonyl (C=O) groups is 2. The summed E-state index contributed by atoms with van der Waals surface area (Å²) in [7, 11) is 3.62. The molecule has 0 atom stereocenters. The van der Waals surface area contributed by atoms with Crippen LogP contribution >= 0.6 is 0 Å². The van der Waals surface area contributed by atoms with Crippen molar-refractivity contribution >= 4 is 17.3 Å². The number of benzene rings is 2. The van der Waals surface area contributed by atoms with Gasteiger partial charge in [0, 0.05) is 19.7 Å². The molecule has 0 bridgehead atoms. The first-order valence-electron chi connectivity index (χ1n) is 7.46. The van der Waals surface area contributed by atoms with Crippen molar-refractivity contribution < 1.29 is 9.59 Å². The van der Waals surface area contributed by atoms with Crippen LogP contribution in [-0.4, -0.2) is 36.4 Å². The van der Waals surface area contributed by atoms with Crippen molar-refractivity contribution in [3.8, 4) is 0 Å². The molecule has 0 aliphatic carbocycles. The number of ketones is 2. The van der Waals surface area contributed by atoms with Crippen molar-refractivity contribution in [1.82, 2.24) is 5.01 Å². The van der Waals surface area contributed by atoms with Gasteiger partial charge in [-0.25, -0.2) is 0 Å². The molecule has 118 valence electrons. The fourth-order valence-electron chi connectivity index (χ4n) is 2.22. The number of rotatable bonds is 7. The van der Waals surface area contributed by atoms with Crippen LogP contribution in [0.2, 0.25) is 0 Å². The molecule has 4 nitrogen and oxygen atoms in total. The highest BCUT2D eigenvalue weighted by Crippen LogP contribution is 2.10.